The summed E-state index contributed by atoms with van der Waals surface area (Å²) in [6.07, 6.45) is 0.412. The summed E-state index contributed by atoms with van der Waals surface area (Å²) in [6.45, 7) is 1.21. The normalized spacial score (nSPS) is 10.3. The Bertz CT molecular complexity index is 761. The molecule has 0 aliphatic heterocycles. The average Bonchev–Trinajstić information content (AvgIpc) is 2.51. The molecule has 0 fully saturated rings. The van der Waals surface area contributed by atoms with E-state index in [0.29, 0.717) is 6.42 Å². The first-order valence-electron chi connectivity index (χ1n) is 7.16. The van der Waals surface area contributed by atoms with Crippen molar-refractivity contribution < 1.29 is 22.8 Å². The summed E-state index contributed by atoms with van der Waals surface area (Å²) >= 11 is 0. The Morgan fingerprint density at radius 2 is 1.46 bits per heavy atom. The number of benzene rings is 2. The summed E-state index contributed by atoms with van der Waals surface area (Å²) in [4.78, 5) is 23.1. The SMILES string of the molecule is CC(=O)Nc1cc(F)c(F)cc1NC(=O)CCc1ccc(F)cc1. The molecule has 0 saturated heterocycles. The highest BCUT2D eigenvalue weighted by Crippen LogP contribution is 2.25. The van der Waals surface area contributed by atoms with Gasteiger partial charge in [0.15, 0.2) is 11.6 Å². The average molecular weight is 336 g/mol. The van der Waals surface area contributed by atoms with E-state index in [9.17, 15) is 22.8 Å². The van der Waals surface area contributed by atoms with Gasteiger partial charge in [-0.2, -0.15) is 0 Å². The lowest BCUT2D eigenvalue weighted by molar-refractivity contribution is -0.116. The van der Waals surface area contributed by atoms with Crippen LogP contribution in [0.25, 0.3) is 0 Å². The molecule has 0 saturated carbocycles. The number of hydrogen-bond donors (Lipinski definition) is 2. The van der Waals surface area contributed by atoms with Crippen LogP contribution in [-0.2, 0) is 16.0 Å². The number of rotatable bonds is 5. The van der Waals surface area contributed by atoms with E-state index in [1.807, 2.05) is 0 Å². The molecule has 7 heteroatoms. The Kier molecular flexibility index (Phi) is 5.57. The van der Waals surface area contributed by atoms with Gasteiger partial charge in [0.05, 0.1) is 11.4 Å². The number of carbonyl (C=O) groups is 2. The van der Waals surface area contributed by atoms with Crippen LogP contribution in [0.5, 0.6) is 0 Å². The molecule has 2 aromatic rings. The smallest absolute Gasteiger partial charge is 0.224 e. The van der Waals surface area contributed by atoms with Crippen molar-refractivity contribution in [1.82, 2.24) is 0 Å². The fraction of sp³-hybridized carbons (Fsp3) is 0.176. The molecule has 0 unspecified atom stereocenters. The van der Waals surface area contributed by atoms with Gasteiger partial charge in [-0.1, -0.05) is 12.1 Å². The van der Waals surface area contributed by atoms with E-state index < -0.39 is 23.4 Å². The third-order valence-electron chi connectivity index (χ3n) is 3.20. The van der Waals surface area contributed by atoms with Crippen molar-refractivity contribution in [3.05, 3.63) is 59.4 Å². The van der Waals surface area contributed by atoms with Gasteiger partial charge in [0.2, 0.25) is 11.8 Å². The molecule has 2 rings (SSSR count). The van der Waals surface area contributed by atoms with Gasteiger partial charge in [-0.05, 0) is 24.1 Å². The standard InChI is InChI=1S/C17H15F3N2O2/c1-10(23)21-15-8-13(19)14(20)9-16(15)22-17(24)7-4-11-2-5-12(18)6-3-11/h2-3,5-6,8-9H,4,7H2,1H3,(H,21,23)(H,22,24). The molecule has 2 N–H and O–H groups in total. The second-order valence-corrected chi connectivity index (χ2v) is 5.17. The number of aryl methyl sites for hydroxylation is 1. The number of anilines is 2. The monoisotopic (exact) mass is 336 g/mol. The van der Waals surface area contributed by atoms with Crippen LogP contribution in [0, 0.1) is 17.5 Å². The van der Waals surface area contributed by atoms with E-state index in [1.54, 1.807) is 12.1 Å². The maximum Gasteiger partial charge on any atom is 0.224 e. The first-order chi connectivity index (χ1) is 11.3. The summed E-state index contributed by atoms with van der Waals surface area (Å²) in [5.74, 6) is -3.58. The van der Waals surface area contributed by atoms with E-state index in [4.69, 9.17) is 0 Å². The van der Waals surface area contributed by atoms with E-state index in [1.165, 1.54) is 19.1 Å². The molecule has 0 aliphatic rings. The molecular weight excluding hydrogens is 321 g/mol. The fourth-order valence-electron chi connectivity index (χ4n) is 2.06. The van der Waals surface area contributed by atoms with Gasteiger partial charge in [0.1, 0.15) is 5.82 Å². The van der Waals surface area contributed by atoms with Crippen LogP contribution in [0.15, 0.2) is 36.4 Å². The molecular formula is C17H15F3N2O2. The van der Waals surface area contributed by atoms with Gasteiger partial charge < -0.3 is 10.6 Å². The van der Waals surface area contributed by atoms with Gasteiger partial charge in [-0.3, -0.25) is 9.59 Å². The summed E-state index contributed by atoms with van der Waals surface area (Å²) in [5, 5.41) is 4.76. The molecule has 4 nitrogen and oxygen atoms in total. The van der Waals surface area contributed by atoms with Crippen LogP contribution in [0.1, 0.15) is 18.9 Å². The highest BCUT2D eigenvalue weighted by atomic mass is 19.2. The summed E-state index contributed by atoms with van der Waals surface area (Å²) in [6, 6.07) is 7.30. The minimum Gasteiger partial charge on any atom is -0.324 e. The van der Waals surface area contributed by atoms with Gasteiger partial charge in [-0.15, -0.1) is 0 Å². The van der Waals surface area contributed by atoms with Crippen molar-refractivity contribution >= 4 is 23.2 Å². The lowest BCUT2D eigenvalue weighted by atomic mass is 10.1. The minimum atomic E-state index is -1.14. The highest BCUT2D eigenvalue weighted by molar-refractivity contribution is 5.98. The number of hydrogen-bond acceptors (Lipinski definition) is 2. The fourth-order valence-corrected chi connectivity index (χ4v) is 2.06. The summed E-state index contributed by atoms with van der Waals surface area (Å²) in [7, 11) is 0. The van der Waals surface area contributed by atoms with Gasteiger partial charge in [-0.25, -0.2) is 13.2 Å². The lowest BCUT2D eigenvalue weighted by Gasteiger charge is -2.12. The molecule has 0 aliphatic carbocycles. The van der Waals surface area contributed by atoms with Crippen LogP contribution in [-0.4, -0.2) is 11.8 Å². The van der Waals surface area contributed by atoms with Crippen LogP contribution >= 0.6 is 0 Å². The Balaban J connectivity index is 2.06. The number of carbonyl (C=O) groups excluding carboxylic acids is 2. The van der Waals surface area contributed by atoms with Gasteiger partial charge >= 0.3 is 0 Å². The van der Waals surface area contributed by atoms with Crippen molar-refractivity contribution in [3.8, 4) is 0 Å². The number of halogens is 3. The Morgan fingerprint density at radius 3 is 2.00 bits per heavy atom. The zero-order chi connectivity index (χ0) is 17.7. The largest absolute Gasteiger partial charge is 0.324 e. The zero-order valence-electron chi connectivity index (χ0n) is 12.8. The Labute approximate surface area is 136 Å². The molecule has 126 valence electrons. The molecule has 0 heterocycles. The maximum atomic E-state index is 13.4. The first kappa shape index (κ1) is 17.5. The molecule has 0 atom stereocenters. The topological polar surface area (TPSA) is 58.2 Å². The van der Waals surface area contributed by atoms with Crippen LogP contribution < -0.4 is 10.6 Å². The molecule has 24 heavy (non-hydrogen) atoms. The second kappa shape index (κ2) is 7.63. The summed E-state index contributed by atoms with van der Waals surface area (Å²) in [5.41, 5.74) is 0.698. The Morgan fingerprint density at radius 1 is 0.917 bits per heavy atom. The second-order valence-electron chi connectivity index (χ2n) is 5.17. The van der Waals surface area contributed by atoms with E-state index in [-0.39, 0.29) is 23.6 Å². The van der Waals surface area contributed by atoms with Crippen LogP contribution in [0.3, 0.4) is 0 Å². The predicted molar refractivity (Wildman–Crippen MR) is 84.0 cm³/mol. The quantitative estimate of drug-likeness (QED) is 0.876. The zero-order valence-corrected chi connectivity index (χ0v) is 12.8. The van der Waals surface area contributed by atoms with E-state index >= 15 is 0 Å². The van der Waals surface area contributed by atoms with Crippen LogP contribution in [0.4, 0.5) is 24.5 Å². The lowest BCUT2D eigenvalue weighted by Crippen LogP contribution is -2.16. The predicted octanol–water partition coefficient (Wildman–Crippen LogP) is 3.63. The summed E-state index contributed by atoms with van der Waals surface area (Å²) < 4.78 is 39.5. The molecule has 0 radical (unpaired) electrons. The maximum absolute atomic E-state index is 13.4. The molecule has 0 bridgehead atoms. The third-order valence-corrected chi connectivity index (χ3v) is 3.20. The molecule has 0 spiro atoms. The number of amides is 2. The Hall–Kier alpha value is -2.83. The van der Waals surface area contributed by atoms with Gasteiger partial charge in [0, 0.05) is 25.5 Å². The van der Waals surface area contributed by atoms with E-state index in [0.717, 1.165) is 17.7 Å². The molecule has 0 aromatic heterocycles. The highest BCUT2D eigenvalue weighted by Gasteiger charge is 2.13. The third kappa shape index (κ3) is 4.84. The molecule has 2 aromatic carbocycles. The van der Waals surface area contributed by atoms with Crippen molar-refractivity contribution in [1.29, 1.82) is 0 Å². The molecule has 2 amide bonds. The van der Waals surface area contributed by atoms with Crippen LogP contribution in [0.2, 0.25) is 0 Å². The van der Waals surface area contributed by atoms with Crippen molar-refractivity contribution in [2.24, 2.45) is 0 Å². The van der Waals surface area contributed by atoms with Crippen molar-refractivity contribution in [3.63, 3.8) is 0 Å². The van der Waals surface area contributed by atoms with E-state index in [2.05, 4.69) is 10.6 Å². The number of nitrogens with one attached hydrogen (secondary N) is 2. The minimum absolute atomic E-state index is 0.0310. The van der Waals surface area contributed by atoms with Crippen molar-refractivity contribution in [2.75, 3.05) is 10.6 Å². The van der Waals surface area contributed by atoms with Crippen molar-refractivity contribution in [2.45, 2.75) is 19.8 Å². The van der Waals surface area contributed by atoms with Gasteiger partial charge in [0.25, 0.3) is 0 Å². The first-order valence-corrected chi connectivity index (χ1v) is 7.16.